The Kier molecular flexibility index (Phi) is 5.10. The molecule has 0 saturated heterocycles. The molecular formula is C12H28N2. The van der Waals surface area contributed by atoms with Gasteiger partial charge in [-0.2, -0.15) is 0 Å². The van der Waals surface area contributed by atoms with Crippen molar-refractivity contribution >= 4 is 0 Å². The van der Waals surface area contributed by atoms with Gasteiger partial charge in [-0.05, 0) is 30.3 Å². The van der Waals surface area contributed by atoms with Gasteiger partial charge >= 0.3 is 0 Å². The van der Waals surface area contributed by atoms with E-state index in [1.807, 2.05) is 0 Å². The largest absolute Gasteiger partial charge is 0.327 e. The number of hydrogen-bond acceptors (Lipinski definition) is 2. The van der Waals surface area contributed by atoms with Crippen molar-refractivity contribution < 1.29 is 0 Å². The van der Waals surface area contributed by atoms with Crippen LogP contribution in [-0.4, -0.2) is 19.1 Å². The molecule has 1 atom stereocenters. The van der Waals surface area contributed by atoms with Gasteiger partial charge in [0.25, 0.3) is 0 Å². The van der Waals surface area contributed by atoms with Gasteiger partial charge in [0.1, 0.15) is 0 Å². The minimum Gasteiger partial charge on any atom is -0.327 e. The van der Waals surface area contributed by atoms with E-state index < -0.39 is 0 Å². The molecule has 0 spiro atoms. The lowest BCUT2D eigenvalue weighted by Gasteiger charge is -2.27. The zero-order valence-corrected chi connectivity index (χ0v) is 10.8. The Hall–Kier alpha value is -0.0800. The number of hydrogen-bond donors (Lipinski definition) is 2. The highest BCUT2D eigenvalue weighted by Gasteiger charge is 2.19. The molecule has 0 aliphatic rings. The maximum atomic E-state index is 6.06. The predicted octanol–water partition coefficient (Wildman–Crippen LogP) is 2.39. The molecule has 0 aliphatic carbocycles. The lowest BCUT2D eigenvalue weighted by atomic mass is 9.85. The molecule has 86 valence electrons. The van der Waals surface area contributed by atoms with Crippen LogP contribution in [0.3, 0.4) is 0 Å². The first-order chi connectivity index (χ1) is 6.13. The zero-order valence-electron chi connectivity index (χ0n) is 10.8. The molecule has 1 unspecified atom stereocenters. The molecule has 2 heteroatoms. The average Bonchev–Trinajstić information content (AvgIpc) is 1.93. The van der Waals surface area contributed by atoms with Gasteiger partial charge in [-0.15, -0.1) is 0 Å². The summed E-state index contributed by atoms with van der Waals surface area (Å²) in [7, 11) is 0. The minimum absolute atomic E-state index is 0.226. The molecule has 0 fully saturated rings. The van der Waals surface area contributed by atoms with Crippen molar-refractivity contribution in [1.82, 2.24) is 5.32 Å². The predicted molar refractivity (Wildman–Crippen MR) is 64.4 cm³/mol. The molecule has 0 heterocycles. The molecule has 0 rings (SSSR count). The summed E-state index contributed by atoms with van der Waals surface area (Å²) in [5, 5.41) is 3.45. The van der Waals surface area contributed by atoms with Gasteiger partial charge in [-0.25, -0.2) is 0 Å². The second-order valence-corrected chi connectivity index (χ2v) is 6.50. The minimum atomic E-state index is 0.226. The second kappa shape index (κ2) is 5.13. The highest BCUT2D eigenvalue weighted by atomic mass is 14.9. The van der Waals surface area contributed by atoms with Gasteiger partial charge in [-0.3, -0.25) is 0 Å². The van der Waals surface area contributed by atoms with E-state index in [0.29, 0.717) is 5.41 Å². The first-order valence-electron chi connectivity index (χ1n) is 5.59. The Labute approximate surface area is 89.6 Å². The summed E-state index contributed by atoms with van der Waals surface area (Å²) < 4.78 is 0. The first kappa shape index (κ1) is 13.9. The van der Waals surface area contributed by atoms with Crippen LogP contribution in [0.25, 0.3) is 0 Å². The molecule has 14 heavy (non-hydrogen) atoms. The molecule has 0 bridgehead atoms. The summed E-state index contributed by atoms with van der Waals surface area (Å²) in [4.78, 5) is 0. The van der Waals surface area contributed by atoms with Crippen molar-refractivity contribution in [2.75, 3.05) is 13.1 Å². The molecule has 0 aromatic heterocycles. The third-order valence-electron chi connectivity index (χ3n) is 2.40. The number of nitrogens with two attached hydrogens (primary N) is 1. The topological polar surface area (TPSA) is 38.0 Å². The van der Waals surface area contributed by atoms with E-state index in [0.717, 1.165) is 19.5 Å². The summed E-state index contributed by atoms with van der Waals surface area (Å²) in [6, 6.07) is 0.287. The van der Waals surface area contributed by atoms with Crippen LogP contribution in [0.15, 0.2) is 0 Å². The van der Waals surface area contributed by atoms with Gasteiger partial charge in [0.05, 0.1) is 0 Å². The van der Waals surface area contributed by atoms with E-state index in [1.165, 1.54) is 0 Å². The summed E-state index contributed by atoms with van der Waals surface area (Å²) in [6.45, 7) is 15.4. The summed E-state index contributed by atoms with van der Waals surface area (Å²) in [6.07, 6.45) is 1.06. The summed E-state index contributed by atoms with van der Waals surface area (Å²) >= 11 is 0. The molecule has 0 radical (unpaired) electrons. The Morgan fingerprint density at radius 3 is 1.93 bits per heavy atom. The van der Waals surface area contributed by atoms with Crippen LogP contribution in [0.2, 0.25) is 0 Å². The maximum absolute atomic E-state index is 6.06. The fourth-order valence-electron chi connectivity index (χ4n) is 1.15. The Morgan fingerprint density at radius 2 is 1.57 bits per heavy atom. The van der Waals surface area contributed by atoms with Crippen LogP contribution in [-0.2, 0) is 0 Å². The van der Waals surface area contributed by atoms with Gasteiger partial charge in [0, 0.05) is 6.04 Å². The van der Waals surface area contributed by atoms with Crippen molar-refractivity contribution in [1.29, 1.82) is 0 Å². The SMILES string of the molecule is CC(C)(C)CNCCC(N)C(C)(C)C. The molecular weight excluding hydrogens is 172 g/mol. The van der Waals surface area contributed by atoms with Crippen molar-refractivity contribution in [3.05, 3.63) is 0 Å². The molecule has 0 aromatic rings. The normalized spacial score (nSPS) is 15.6. The van der Waals surface area contributed by atoms with E-state index in [9.17, 15) is 0 Å². The Balaban J connectivity index is 3.56. The standard InChI is InChI=1S/C12H28N2/c1-11(2,3)9-14-8-7-10(13)12(4,5)6/h10,14H,7-9,13H2,1-6H3. The van der Waals surface area contributed by atoms with Gasteiger partial charge < -0.3 is 11.1 Å². The van der Waals surface area contributed by atoms with Crippen molar-refractivity contribution in [3.8, 4) is 0 Å². The molecule has 0 aliphatic heterocycles. The van der Waals surface area contributed by atoms with Crippen LogP contribution in [0.1, 0.15) is 48.0 Å². The lowest BCUT2D eigenvalue weighted by Crippen LogP contribution is -2.38. The maximum Gasteiger partial charge on any atom is 0.00997 e. The monoisotopic (exact) mass is 200 g/mol. The van der Waals surface area contributed by atoms with Crippen LogP contribution in [0.4, 0.5) is 0 Å². The number of nitrogens with one attached hydrogen (secondary N) is 1. The molecule has 3 N–H and O–H groups in total. The Morgan fingerprint density at radius 1 is 1.07 bits per heavy atom. The van der Waals surface area contributed by atoms with E-state index >= 15 is 0 Å². The first-order valence-corrected chi connectivity index (χ1v) is 5.59. The molecule has 0 saturated carbocycles. The molecule has 0 aromatic carbocycles. The smallest absolute Gasteiger partial charge is 0.00997 e. The van der Waals surface area contributed by atoms with Gasteiger partial charge in [-0.1, -0.05) is 41.5 Å². The second-order valence-electron chi connectivity index (χ2n) is 6.50. The van der Waals surface area contributed by atoms with E-state index in [1.54, 1.807) is 0 Å². The third kappa shape index (κ3) is 7.34. The van der Waals surface area contributed by atoms with Crippen molar-refractivity contribution in [2.45, 2.75) is 54.0 Å². The van der Waals surface area contributed by atoms with Crippen molar-refractivity contribution in [3.63, 3.8) is 0 Å². The van der Waals surface area contributed by atoms with Gasteiger partial charge in [0.2, 0.25) is 0 Å². The zero-order chi connectivity index (χ0) is 11.4. The Bertz CT molecular complexity index is 151. The quantitative estimate of drug-likeness (QED) is 0.684. The molecule has 0 amide bonds. The third-order valence-corrected chi connectivity index (χ3v) is 2.40. The van der Waals surface area contributed by atoms with Crippen molar-refractivity contribution in [2.24, 2.45) is 16.6 Å². The van der Waals surface area contributed by atoms with Crippen LogP contribution < -0.4 is 11.1 Å². The van der Waals surface area contributed by atoms with Crippen LogP contribution >= 0.6 is 0 Å². The summed E-state index contributed by atoms with van der Waals surface area (Å²) in [5.74, 6) is 0. The van der Waals surface area contributed by atoms with E-state index in [2.05, 4.69) is 46.9 Å². The van der Waals surface area contributed by atoms with Crippen LogP contribution in [0, 0.1) is 10.8 Å². The highest BCUT2D eigenvalue weighted by Crippen LogP contribution is 2.19. The van der Waals surface area contributed by atoms with Crippen LogP contribution in [0.5, 0.6) is 0 Å². The highest BCUT2D eigenvalue weighted by molar-refractivity contribution is 4.77. The average molecular weight is 200 g/mol. The fraction of sp³-hybridized carbons (Fsp3) is 1.00. The van der Waals surface area contributed by atoms with E-state index in [-0.39, 0.29) is 11.5 Å². The van der Waals surface area contributed by atoms with E-state index in [4.69, 9.17) is 5.73 Å². The summed E-state index contributed by atoms with van der Waals surface area (Å²) in [5.41, 5.74) is 6.65. The molecule has 2 nitrogen and oxygen atoms in total. The fourth-order valence-corrected chi connectivity index (χ4v) is 1.15. The lowest BCUT2D eigenvalue weighted by molar-refractivity contribution is 0.295. The number of rotatable bonds is 4. The van der Waals surface area contributed by atoms with Gasteiger partial charge in [0.15, 0.2) is 0 Å².